The van der Waals surface area contributed by atoms with Crippen LogP contribution in [0.3, 0.4) is 0 Å². The molecule has 58 heavy (non-hydrogen) atoms. The first-order valence-electron chi connectivity index (χ1n) is 26.7. The van der Waals surface area contributed by atoms with Gasteiger partial charge in [-0.3, -0.25) is 0 Å². The Morgan fingerprint density at radius 2 is 1.07 bits per heavy atom. The summed E-state index contributed by atoms with van der Waals surface area (Å²) in [6.07, 6.45) is 0. The van der Waals surface area contributed by atoms with Crippen molar-refractivity contribution in [1.82, 2.24) is 0 Å². The van der Waals surface area contributed by atoms with Gasteiger partial charge < -0.3 is 4.42 Å². The standard InChI is InChI=1S/C57H38O/c1-2-13-38(14-3-1)44-19-10-21-47(36-44)51-34-33-50(56-53-24-8-9-26-54(53)58-57(51)56)46-20-11-22-48(37-46)55(52-25-12-18-41-16-6-7-23-49(41)52)42-30-27-40(28-31-42)45-32-29-39-15-4-5-17-43(39)35-45/h1-37,55H/i1D,2D,3D,6D,7D,12D,13D,14D,16D,18D,23D,25D,27D,28D,30D,31D. The van der Waals surface area contributed by atoms with E-state index in [2.05, 4.69) is 0 Å². The number of furan rings is 1. The van der Waals surface area contributed by atoms with Crippen molar-refractivity contribution in [3.05, 3.63) is 241 Å². The first kappa shape index (κ1) is 21.2. The molecule has 0 spiro atoms. The molecule has 0 bridgehead atoms. The van der Waals surface area contributed by atoms with Crippen molar-refractivity contribution in [3.63, 3.8) is 0 Å². The fraction of sp³-hybridized carbons (Fsp3) is 0.0175. The van der Waals surface area contributed by atoms with Crippen LogP contribution < -0.4 is 0 Å². The minimum absolute atomic E-state index is 0.0238. The molecule has 0 amide bonds. The van der Waals surface area contributed by atoms with E-state index < -0.39 is 90.5 Å². The molecule has 0 saturated heterocycles. The van der Waals surface area contributed by atoms with Gasteiger partial charge >= 0.3 is 0 Å². The molecule has 0 aliphatic carbocycles. The normalized spacial score (nSPS) is 15.9. The Bertz CT molecular complexity index is 4170. The first-order chi connectivity index (χ1) is 35.4. The van der Waals surface area contributed by atoms with Crippen molar-refractivity contribution < 1.29 is 26.3 Å². The van der Waals surface area contributed by atoms with Crippen molar-refractivity contribution in [1.29, 1.82) is 0 Å². The van der Waals surface area contributed by atoms with Gasteiger partial charge in [-0.25, -0.2) is 0 Å². The second-order valence-electron chi connectivity index (χ2n) is 14.0. The molecule has 11 aromatic rings. The number of benzene rings is 10. The van der Waals surface area contributed by atoms with Crippen molar-refractivity contribution >= 4 is 43.5 Å². The van der Waals surface area contributed by atoms with Crippen LogP contribution in [0.15, 0.2) is 228 Å². The summed E-state index contributed by atoms with van der Waals surface area (Å²) in [5, 5.41) is 2.53. The van der Waals surface area contributed by atoms with Gasteiger partial charge in [0.15, 0.2) is 0 Å². The second-order valence-corrected chi connectivity index (χ2v) is 14.0. The molecule has 0 saturated carbocycles. The van der Waals surface area contributed by atoms with Crippen LogP contribution in [0.1, 0.15) is 44.5 Å². The highest BCUT2D eigenvalue weighted by Crippen LogP contribution is 2.44. The van der Waals surface area contributed by atoms with Crippen LogP contribution in [-0.4, -0.2) is 0 Å². The number of fused-ring (bicyclic) bond motifs is 5. The van der Waals surface area contributed by atoms with Crippen LogP contribution in [0.2, 0.25) is 0 Å². The Labute approximate surface area is 360 Å². The van der Waals surface area contributed by atoms with Crippen molar-refractivity contribution in [2.75, 3.05) is 0 Å². The van der Waals surface area contributed by atoms with Gasteiger partial charge in [0.2, 0.25) is 0 Å². The summed E-state index contributed by atoms with van der Waals surface area (Å²) in [5.41, 5.74) is 4.21. The summed E-state index contributed by atoms with van der Waals surface area (Å²) in [7, 11) is 0. The summed E-state index contributed by atoms with van der Waals surface area (Å²) in [4.78, 5) is 0. The summed E-state index contributed by atoms with van der Waals surface area (Å²) in [6.45, 7) is 0. The lowest BCUT2D eigenvalue weighted by Gasteiger charge is -2.22. The smallest absolute Gasteiger partial charge is 0.143 e. The van der Waals surface area contributed by atoms with Crippen LogP contribution in [0, 0.1) is 0 Å². The molecule has 1 aromatic heterocycles. The molecule has 1 heterocycles. The molecule has 0 radical (unpaired) electrons. The van der Waals surface area contributed by atoms with Crippen LogP contribution in [0.4, 0.5) is 0 Å². The molecular weight excluding hydrogens is 701 g/mol. The first-order valence-corrected chi connectivity index (χ1v) is 18.7. The van der Waals surface area contributed by atoms with Gasteiger partial charge in [0.05, 0.1) is 21.9 Å². The van der Waals surface area contributed by atoms with Gasteiger partial charge in [-0.15, -0.1) is 0 Å². The number of hydrogen-bond donors (Lipinski definition) is 0. The maximum Gasteiger partial charge on any atom is 0.143 e. The molecule has 0 N–H and O–H groups in total. The molecule has 0 aliphatic heterocycles. The third-order valence-electron chi connectivity index (χ3n) is 10.6. The van der Waals surface area contributed by atoms with E-state index in [4.69, 9.17) is 18.1 Å². The van der Waals surface area contributed by atoms with Gasteiger partial charge in [-0.2, -0.15) is 0 Å². The summed E-state index contributed by atoms with van der Waals surface area (Å²) < 4.78 is 150. The van der Waals surface area contributed by atoms with Gasteiger partial charge in [0.25, 0.3) is 0 Å². The Morgan fingerprint density at radius 3 is 1.97 bits per heavy atom. The lowest BCUT2D eigenvalue weighted by molar-refractivity contribution is 0.670. The van der Waals surface area contributed by atoms with E-state index in [1.165, 1.54) is 0 Å². The Balaban J connectivity index is 1.17. The monoisotopic (exact) mass is 754 g/mol. The highest BCUT2D eigenvalue weighted by Gasteiger charge is 2.22. The van der Waals surface area contributed by atoms with Gasteiger partial charge in [-0.1, -0.05) is 200 Å². The minimum atomic E-state index is -1.48. The third-order valence-corrected chi connectivity index (χ3v) is 10.6. The van der Waals surface area contributed by atoms with E-state index in [9.17, 15) is 8.22 Å². The van der Waals surface area contributed by atoms with Crippen LogP contribution in [0.5, 0.6) is 0 Å². The Morgan fingerprint density at radius 1 is 0.379 bits per heavy atom. The molecule has 1 nitrogen and oxygen atoms in total. The maximum atomic E-state index is 9.74. The fourth-order valence-electron chi connectivity index (χ4n) is 7.90. The van der Waals surface area contributed by atoms with Crippen LogP contribution >= 0.6 is 0 Å². The van der Waals surface area contributed by atoms with E-state index in [1.54, 1.807) is 48.5 Å². The summed E-state index contributed by atoms with van der Waals surface area (Å²) in [6, 6.07) is 29.7. The molecule has 11 rings (SSSR count). The van der Waals surface area contributed by atoms with Crippen molar-refractivity contribution in [2.45, 2.75) is 5.92 Å². The predicted octanol–water partition coefficient (Wildman–Crippen LogP) is 15.7. The van der Waals surface area contributed by atoms with Crippen LogP contribution in [0.25, 0.3) is 88.0 Å². The average molecular weight is 755 g/mol. The Hall–Kier alpha value is -7.48. The molecule has 10 aromatic carbocycles. The molecule has 1 atom stereocenters. The van der Waals surface area contributed by atoms with Gasteiger partial charge in [-0.05, 0) is 101 Å². The zero-order valence-electron chi connectivity index (χ0n) is 46.6. The second kappa shape index (κ2) is 14.2. The van der Waals surface area contributed by atoms with E-state index in [-0.39, 0.29) is 50.7 Å². The quantitative estimate of drug-likeness (QED) is 0.148. The number of rotatable bonds is 7. The topological polar surface area (TPSA) is 13.1 Å². The van der Waals surface area contributed by atoms with Crippen LogP contribution in [-0.2, 0) is 0 Å². The molecular formula is C57H38O. The van der Waals surface area contributed by atoms with Crippen molar-refractivity contribution in [2.24, 2.45) is 0 Å². The van der Waals surface area contributed by atoms with E-state index in [0.717, 1.165) is 16.2 Å². The number of para-hydroxylation sites is 1. The average Bonchev–Trinajstić information content (AvgIpc) is 3.82. The fourth-order valence-corrected chi connectivity index (χ4v) is 7.90. The lowest BCUT2D eigenvalue weighted by atomic mass is 9.81. The van der Waals surface area contributed by atoms with E-state index in [1.807, 2.05) is 78.9 Å². The third kappa shape index (κ3) is 5.97. The highest BCUT2D eigenvalue weighted by atomic mass is 16.3. The SMILES string of the molecule is [2H]c1c([2H])c([2H])c(-c2cccc(-c3ccc(-c4cccc(C(c5c([2H])c([2H])c(-c6ccc7ccccc7c6)c([2H])c5[2H])c5c([2H])c([2H])c([2H])c6c([2H])c([2H])c([2H])c([2H])c56)c4)c4c3oc3ccccc34)c2)c([2H])c1[2H]. The molecule has 1 unspecified atom stereocenters. The molecule has 0 aliphatic rings. The van der Waals surface area contributed by atoms with E-state index >= 15 is 0 Å². The Kier molecular flexibility index (Phi) is 5.19. The van der Waals surface area contributed by atoms with Crippen molar-refractivity contribution in [3.8, 4) is 44.5 Å². The minimum Gasteiger partial charge on any atom is -0.455 e. The summed E-state index contributed by atoms with van der Waals surface area (Å²) >= 11 is 0. The molecule has 1 heteroatoms. The largest absolute Gasteiger partial charge is 0.455 e. The zero-order chi connectivity index (χ0) is 52.3. The highest BCUT2D eigenvalue weighted by molar-refractivity contribution is 6.16. The molecule has 0 fully saturated rings. The van der Waals surface area contributed by atoms with Gasteiger partial charge in [0.1, 0.15) is 11.2 Å². The molecule has 272 valence electrons. The maximum absolute atomic E-state index is 9.74. The van der Waals surface area contributed by atoms with Gasteiger partial charge in [0, 0.05) is 22.3 Å². The summed E-state index contributed by atoms with van der Waals surface area (Å²) in [5.74, 6) is -1.48. The lowest BCUT2D eigenvalue weighted by Crippen LogP contribution is -2.04. The zero-order valence-corrected chi connectivity index (χ0v) is 30.6. The van der Waals surface area contributed by atoms with E-state index in [0.29, 0.717) is 49.9 Å². The predicted molar refractivity (Wildman–Crippen MR) is 244 cm³/mol. The number of hydrogen-bond acceptors (Lipinski definition) is 1.